The molecule has 2 rings (SSSR count). The second-order valence-corrected chi connectivity index (χ2v) is 6.29. The van der Waals surface area contributed by atoms with E-state index in [9.17, 15) is 10.1 Å². The van der Waals surface area contributed by atoms with E-state index < -0.39 is 4.92 Å². The van der Waals surface area contributed by atoms with Crippen LogP contribution in [0, 0.1) is 10.1 Å². The van der Waals surface area contributed by atoms with Crippen molar-refractivity contribution in [2.24, 2.45) is 5.10 Å². The molecule has 11 heteroatoms. The van der Waals surface area contributed by atoms with Gasteiger partial charge in [-0.05, 0) is 43.4 Å². The number of hydrogen-bond donors (Lipinski definition) is 2. The van der Waals surface area contributed by atoms with Crippen molar-refractivity contribution in [1.29, 1.82) is 0 Å². The van der Waals surface area contributed by atoms with Crippen molar-refractivity contribution in [3.63, 3.8) is 0 Å². The zero-order valence-corrected chi connectivity index (χ0v) is 16.0. The Morgan fingerprint density at radius 2 is 1.92 bits per heavy atom. The predicted molar refractivity (Wildman–Crippen MR) is 101 cm³/mol. The fraction of sp³-hybridized carbons (Fsp3) is 0.0714. The number of hydrazone groups is 1. The topological polar surface area (TPSA) is 92.5 Å². The summed E-state index contributed by atoms with van der Waals surface area (Å²) in [5.41, 5.74) is 4.79. The molecule has 0 saturated carbocycles. The van der Waals surface area contributed by atoms with Crippen LogP contribution >= 0.6 is 32.4 Å². The van der Waals surface area contributed by atoms with E-state index in [1.54, 1.807) is 18.3 Å². The second-order valence-electron chi connectivity index (χ2n) is 4.33. The molecule has 2 aromatic rings. The first-order chi connectivity index (χ1) is 12.0. The van der Waals surface area contributed by atoms with E-state index in [-0.39, 0.29) is 10.8 Å². The van der Waals surface area contributed by atoms with Gasteiger partial charge in [-0.25, -0.2) is 0 Å². The maximum absolute atomic E-state index is 10.6. The Morgan fingerprint density at radius 1 is 1.28 bits per heavy atom. The SMILES string of the molecule is C/C(=N\NC(=S)Nc1ccc([N+](=O)[O-])cc1)c1ccccn1.[Cl][Cu][Cl]. The average molecular weight is 450 g/mol. The number of benzene rings is 1. The first-order valence-corrected chi connectivity index (χ1v) is 9.56. The van der Waals surface area contributed by atoms with E-state index in [0.717, 1.165) is 18.8 Å². The van der Waals surface area contributed by atoms with Crippen molar-refractivity contribution < 1.29 is 18.1 Å². The minimum atomic E-state index is -0.457. The summed E-state index contributed by atoms with van der Waals surface area (Å²) in [4.78, 5) is 14.3. The number of aromatic nitrogens is 1. The molecular weight excluding hydrogens is 437 g/mol. The van der Waals surface area contributed by atoms with E-state index in [0.29, 0.717) is 11.4 Å². The molecule has 7 nitrogen and oxygen atoms in total. The summed E-state index contributed by atoms with van der Waals surface area (Å²) >= 11 is 5.86. The molecule has 0 amide bonds. The van der Waals surface area contributed by atoms with E-state index in [2.05, 4.69) is 41.0 Å². The molecule has 1 aromatic heterocycles. The van der Waals surface area contributed by atoms with Gasteiger partial charge in [-0.1, -0.05) is 6.07 Å². The Balaban J connectivity index is 0.000000970. The Kier molecular flexibility index (Phi) is 9.98. The molecular formula is C14H13Cl2CuN5O2S. The van der Waals surface area contributed by atoms with Crippen LogP contribution in [0.15, 0.2) is 53.8 Å². The van der Waals surface area contributed by atoms with E-state index in [4.69, 9.17) is 12.2 Å². The zero-order chi connectivity index (χ0) is 18.7. The molecule has 0 atom stereocenters. The first-order valence-electron chi connectivity index (χ1n) is 6.56. The monoisotopic (exact) mass is 448 g/mol. The van der Waals surface area contributed by atoms with Crippen LogP contribution in [0.5, 0.6) is 0 Å². The van der Waals surface area contributed by atoms with Crippen molar-refractivity contribution in [2.45, 2.75) is 6.92 Å². The quantitative estimate of drug-likeness (QED) is 0.240. The van der Waals surface area contributed by atoms with E-state index in [1.165, 1.54) is 12.1 Å². The van der Waals surface area contributed by atoms with Crippen LogP contribution < -0.4 is 10.7 Å². The van der Waals surface area contributed by atoms with Crippen LogP contribution in [-0.2, 0) is 13.1 Å². The fourth-order valence-corrected chi connectivity index (χ4v) is 1.76. The normalized spacial score (nSPS) is 10.4. The Hall–Kier alpha value is -1.77. The number of nitrogens with one attached hydrogen (secondary N) is 2. The summed E-state index contributed by atoms with van der Waals surface area (Å²) < 4.78 is 0. The van der Waals surface area contributed by atoms with E-state index in [1.807, 2.05) is 25.1 Å². The summed E-state index contributed by atoms with van der Waals surface area (Å²) in [7, 11) is 9.34. The van der Waals surface area contributed by atoms with Gasteiger partial charge in [0.1, 0.15) is 0 Å². The Morgan fingerprint density at radius 3 is 2.44 bits per heavy atom. The molecule has 0 radical (unpaired) electrons. The first kappa shape index (κ1) is 21.3. The van der Waals surface area contributed by atoms with Crippen molar-refractivity contribution in [2.75, 3.05) is 5.32 Å². The van der Waals surface area contributed by atoms with Crippen molar-refractivity contribution in [3.8, 4) is 0 Å². The Labute approximate surface area is 164 Å². The third-order valence-corrected chi connectivity index (χ3v) is 2.89. The average Bonchev–Trinajstić information content (AvgIpc) is 2.61. The van der Waals surface area contributed by atoms with Gasteiger partial charge in [0.2, 0.25) is 0 Å². The minimum absolute atomic E-state index is 0.0217. The number of hydrogen-bond acceptors (Lipinski definition) is 5. The number of non-ortho nitro benzene ring substituents is 1. The summed E-state index contributed by atoms with van der Waals surface area (Å²) in [6.45, 7) is 1.81. The molecule has 0 fully saturated rings. The molecule has 0 aliphatic carbocycles. The molecule has 1 aromatic carbocycles. The molecule has 2 N–H and O–H groups in total. The Bertz CT molecular complexity index is 732. The fourth-order valence-electron chi connectivity index (χ4n) is 1.59. The molecule has 0 spiro atoms. The third kappa shape index (κ3) is 8.24. The van der Waals surface area contributed by atoms with Gasteiger partial charge >= 0.3 is 33.3 Å². The van der Waals surface area contributed by atoms with Crippen LogP contribution in [-0.4, -0.2) is 20.7 Å². The number of rotatable bonds is 4. The summed E-state index contributed by atoms with van der Waals surface area (Å²) in [6.07, 6.45) is 1.68. The molecule has 0 unspecified atom stereocenters. The standard InChI is InChI=1S/C14H13N5O2S.2ClH.Cu/c1-10(13-4-2-3-9-15-13)17-18-14(22)16-11-5-7-12(8-6-11)19(20)21;;;/h2-9H,1H3,(H2,16,18,22);2*1H;/q;;;+2/p-2/b17-10+;;;. The molecule has 0 bridgehead atoms. The predicted octanol–water partition coefficient (Wildman–Crippen LogP) is 4.08. The van der Waals surface area contributed by atoms with Gasteiger partial charge in [-0.15, -0.1) is 0 Å². The zero-order valence-electron chi connectivity index (χ0n) is 12.7. The summed E-state index contributed by atoms with van der Waals surface area (Å²) in [5, 5.41) is 17.9. The number of nitro groups is 1. The second kappa shape index (κ2) is 11.7. The van der Waals surface area contributed by atoms with Crippen LogP contribution in [0.3, 0.4) is 0 Å². The van der Waals surface area contributed by atoms with Crippen molar-refractivity contribution >= 4 is 54.6 Å². The van der Waals surface area contributed by atoms with Gasteiger partial charge in [0, 0.05) is 24.0 Å². The number of thiocarbonyl (C=S) groups is 1. The number of nitrogens with zero attached hydrogens (tertiary/aromatic N) is 3. The molecule has 0 aliphatic rings. The molecule has 1 heterocycles. The van der Waals surface area contributed by atoms with Crippen molar-refractivity contribution in [3.05, 3.63) is 64.5 Å². The van der Waals surface area contributed by atoms with Gasteiger partial charge in [0.25, 0.3) is 5.69 Å². The maximum atomic E-state index is 10.6. The number of nitro benzene ring substituents is 1. The number of pyridine rings is 1. The van der Waals surface area contributed by atoms with Gasteiger partial charge in [-0.3, -0.25) is 20.5 Å². The van der Waals surface area contributed by atoms with Gasteiger partial charge in [0.15, 0.2) is 5.11 Å². The van der Waals surface area contributed by atoms with Gasteiger partial charge in [0.05, 0.1) is 16.3 Å². The van der Waals surface area contributed by atoms with Gasteiger partial charge in [-0.2, -0.15) is 5.10 Å². The number of anilines is 1. The van der Waals surface area contributed by atoms with Crippen LogP contribution in [0.4, 0.5) is 11.4 Å². The molecule has 25 heavy (non-hydrogen) atoms. The third-order valence-electron chi connectivity index (χ3n) is 2.70. The van der Waals surface area contributed by atoms with E-state index >= 15 is 0 Å². The molecule has 137 valence electrons. The molecule has 0 saturated heterocycles. The van der Waals surface area contributed by atoms with Crippen LogP contribution in [0.25, 0.3) is 0 Å². The van der Waals surface area contributed by atoms with Crippen molar-refractivity contribution in [1.82, 2.24) is 10.4 Å². The summed E-state index contributed by atoms with van der Waals surface area (Å²) in [6, 6.07) is 11.5. The van der Waals surface area contributed by atoms with Crippen LogP contribution in [0.2, 0.25) is 0 Å². The van der Waals surface area contributed by atoms with Gasteiger partial charge < -0.3 is 5.32 Å². The molecule has 0 aliphatic heterocycles. The summed E-state index contributed by atoms with van der Waals surface area (Å²) in [5.74, 6) is 0. The number of halogens is 2. The van der Waals surface area contributed by atoms with Crippen LogP contribution in [0.1, 0.15) is 12.6 Å².